The molecule has 1 amide bonds. The van der Waals surface area contributed by atoms with Crippen molar-refractivity contribution in [2.45, 2.75) is 27.3 Å². The Balaban J connectivity index is 1.81. The highest BCUT2D eigenvalue weighted by Gasteiger charge is 2.22. The Morgan fingerprint density at radius 2 is 1.90 bits per heavy atom. The number of hydrogen-bond acceptors (Lipinski definition) is 4. The van der Waals surface area contributed by atoms with E-state index in [4.69, 9.17) is 0 Å². The van der Waals surface area contributed by atoms with Crippen molar-refractivity contribution >= 4 is 17.2 Å². The summed E-state index contributed by atoms with van der Waals surface area (Å²) in [6, 6.07) is 0. The molecule has 1 aliphatic heterocycles. The van der Waals surface area contributed by atoms with Gasteiger partial charge in [0.2, 0.25) is 5.91 Å². The Labute approximate surface area is 123 Å². The number of aromatic nitrogens is 1. The highest BCUT2D eigenvalue weighted by molar-refractivity contribution is 7.07. The third-order valence-corrected chi connectivity index (χ3v) is 4.68. The van der Waals surface area contributed by atoms with E-state index in [1.165, 1.54) is 11.3 Å². The molecule has 0 N–H and O–H groups in total. The zero-order chi connectivity index (χ0) is 14.7. The SMILES string of the molecule is Cc1csc(=O)n1CCN1CCN(C(=O)C(C)C)CC1. The topological polar surface area (TPSA) is 45.6 Å². The average molecular weight is 297 g/mol. The molecule has 0 aromatic carbocycles. The summed E-state index contributed by atoms with van der Waals surface area (Å²) >= 11 is 1.26. The first-order valence-electron chi connectivity index (χ1n) is 7.15. The van der Waals surface area contributed by atoms with Gasteiger partial charge >= 0.3 is 4.87 Å². The van der Waals surface area contributed by atoms with Crippen molar-refractivity contribution in [2.24, 2.45) is 5.92 Å². The highest BCUT2D eigenvalue weighted by atomic mass is 32.1. The first-order chi connectivity index (χ1) is 9.49. The molecule has 1 aliphatic rings. The molecular weight excluding hydrogens is 274 g/mol. The Morgan fingerprint density at radius 1 is 1.25 bits per heavy atom. The van der Waals surface area contributed by atoms with Gasteiger partial charge < -0.3 is 9.47 Å². The number of carbonyl (C=O) groups is 1. The van der Waals surface area contributed by atoms with Crippen LogP contribution in [0.2, 0.25) is 0 Å². The van der Waals surface area contributed by atoms with Gasteiger partial charge in [0.05, 0.1) is 0 Å². The van der Waals surface area contributed by atoms with Gasteiger partial charge in [0.1, 0.15) is 0 Å². The lowest BCUT2D eigenvalue weighted by atomic mass is 10.1. The van der Waals surface area contributed by atoms with Crippen LogP contribution in [0, 0.1) is 12.8 Å². The summed E-state index contributed by atoms with van der Waals surface area (Å²) in [6.45, 7) is 10.9. The molecule has 0 bridgehead atoms. The monoisotopic (exact) mass is 297 g/mol. The molecule has 1 aromatic rings. The standard InChI is InChI=1S/C14H23N3O2S/c1-11(2)13(18)16-7-4-15(5-8-16)6-9-17-12(3)10-20-14(17)19/h10-11H,4-9H2,1-3H3. The zero-order valence-corrected chi connectivity index (χ0v) is 13.3. The molecule has 1 saturated heterocycles. The van der Waals surface area contributed by atoms with Crippen molar-refractivity contribution in [2.75, 3.05) is 32.7 Å². The molecule has 112 valence electrons. The molecule has 1 fully saturated rings. The highest BCUT2D eigenvalue weighted by Crippen LogP contribution is 2.07. The van der Waals surface area contributed by atoms with E-state index in [1.807, 2.05) is 35.6 Å². The molecule has 0 spiro atoms. The van der Waals surface area contributed by atoms with Crippen molar-refractivity contribution in [1.29, 1.82) is 0 Å². The van der Waals surface area contributed by atoms with Crippen LogP contribution in [-0.4, -0.2) is 53.0 Å². The van der Waals surface area contributed by atoms with Crippen molar-refractivity contribution in [3.05, 3.63) is 20.7 Å². The number of nitrogens with zero attached hydrogens (tertiary/aromatic N) is 3. The molecule has 20 heavy (non-hydrogen) atoms. The maximum absolute atomic E-state index is 11.9. The van der Waals surface area contributed by atoms with Crippen molar-refractivity contribution in [1.82, 2.24) is 14.4 Å². The number of aryl methyl sites for hydroxylation is 1. The first-order valence-corrected chi connectivity index (χ1v) is 8.03. The van der Waals surface area contributed by atoms with Crippen LogP contribution in [0.5, 0.6) is 0 Å². The second-order valence-corrected chi connectivity index (χ2v) is 6.44. The van der Waals surface area contributed by atoms with Crippen molar-refractivity contribution in [3.63, 3.8) is 0 Å². The summed E-state index contributed by atoms with van der Waals surface area (Å²) < 4.78 is 1.83. The largest absolute Gasteiger partial charge is 0.340 e. The van der Waals surface area contributed by atoms with E-state index in [0.29, 0.717) is 0 Å². The lowest BCUT2D eigenvalue weighted by Crippen LogP contribution is -2.50. The Bertz CT molecular complexity index is 513. The van der Waals surface area contributed by atoms with E-state index in [2.05, 4.69) is 4.90 Å². The molecule has 2 heterocycles. The third-order valence-electron chi connectivity index (χ3n) is 3.79. The number of thiazole rings is 1. The minimum atomic E-state index is 0.0774. The van der Waals surface area contributed by atoms with Gasteiger partial charge in [-0.1, -0.05) is 25.2 Å². The van der Waals surface area contributed by atoms with Crippen molar-refractivity contribution in [3.8, 4) is 0 Å². The molecule has 2 rings (SSSR count). The first kappa shape index (κ1) is 15.3. The summed E-state index contributed by atoms with van der Waals surface area (Å²) in [6.07, 6.45) is 0. The molecule has 0 aliphatic carbocycles. The van der Waals surface area contributed by atoms with Crippen LogP contribution in [0.3, 0.4) is 0 Å². The van der Waals surface area contributed by atoms with Crippen LogP contribution in [0.1, 0.15) is 19.5 Å². The van der Waals surface area contributed by atoms with Gasteiger partial charge in [-0.3, -0.25) is 14.5 Å². The van der Waals surface area contributed by atoms with E-state index in [1.54, 1.807) is 0 Å². The van der Waals surface area contributed by atoms with E-state index in [9.17, 15) is 9.59 Å². The van der Waals surface area contributed by atoms with Gasteiger partial charge in [-0.25, -0.2) is 0 Å². The maximum Gasteiger partial charge on any atom is 0.307 e. The van der Waals surface area contributed by atoms with E-state index >= 15 is 0 Å². The van der Waals surface area contributed by atoms with Crippen LogP contribution < -0.4 is 4.87 Å². The molecule has 0 atom stereocenters. The van der Waals surface area contributed by atoms with Gasteiger partial charge in [-0.15, -0.1) is 0 Å². The second kappa shape index (κ2) is 6.54. The molecular formula is C14H23N3O2S. The van der Waals surface area contributed by atoms with Crippen LogP contribution in [0.25, 0.3) is 0 Å². The molecule has 0 unspecified atom stereocenters. The normalized spacial score (nSPS) is 16.9. The minimum Gasteiger partial charge on any atom is -0.340 e. The Hall–Kier alpha value is -1.14. The fourth-order valence-electron chi connectivity index (χ4n) is 2.47. The predicted octanol–water partition coefficient (Wildman–Crippen LogP) is 1.02. The van der Waals surface area contributed by atoms with Crippen LogP contribution in [0.4, 0.5) is 0 Å². The lowest BCUT2D eigenvalue weighted by molar-refractivity contribution is -0.136. The third kappa shape index (κ3) is 3.49. The lowest BCUT2D eigenvalue weighted by Gasteiger charge is -2.35. The minimum absolute atomic E-state index is 0.0774. The summed E-state index contributed by atoms with van der Waals surface area (Å²) in [5.41, 5.74) is 1.04. The molecule has 6 heteroatoms. The summed E-state index contributed by atoms with van der Waals surface area (Å²) in [5, 5.41) is 1.90. The molecule has 0 saturated carbocycles. The summed E-state index contributed by atoms with van der Waals surface area (Å²) in [4.78, 5) is 27.9. The molecule has 0 radical (unpaired) electrons. The number of amides is 1. The van der Waals surface area contributed by atoms with E-state index < -0.39 is 0 Å². The van der Waals surface area contributed by atoms with Gasteiger partial charge in [-0.05, 0) is 6.92 Å². The van der Waals surface area contributed by atoms with Gasteiger partial charge in [0.15, 0.2) is 0 Å². The van der Waals surface area contributed by atoms with E-state index in [-0.39, 0.29) is 16.7 Å². The maximum atomic E-state index is 11.9. The quantitative estimate of drug-likeness (QED) is 0.833. The number of carbonyl (C=O) groups excluding carboxylic acids is 1. The Morgan fingerprint density at radius 3 is 2.40 bits per heavy atom. The smallest absolute Gasteiger partial charge is 0.307 e. The fraction of sp³-hybridized carbons (Fsp3) is 0.714. The predicted molar refractivity (Wildman–Crippen MR) is 81.2 cm³/mol. The van der Waals surface area contributed by atoms with Gasteiger partial charge in [0.25, 0.3) is 0 Å². The summed E-state index contributed by atoms with van der Waals surface area (Å²) in [5.74, 6) is 0.322. The zero-order valence-electron chi connectivity index (χ0n) is 12.5. The summed E-state index contributed by atoms with van der Waals surface area (Å²) in [7, 11) is 0. The van der Waals surface area contributed by atoms with Crippen LogP contribution >= 0.6 is 11.3 Å². The fourth-order valence-corrected chi connectivity index (χ4v) is 3.23. The van der Waals surface area contributed by atoms with Crippen LogP contribution in [0.15, 0.2) is 10.2 Å². The van der Waals surface area contributed by atoms with Gasteiger partial charge in [-0.2, -0.15) is 0 Å². The molecule has 5 nitrogen and oxygen atoms in total. The van der Waals surface area contributed by atoms with E-state index in [0.717, 1.165) is 45.0 Å². The second-order valence-electron chi connectivity index (χ2n) is 5.62. The van der Waals surface area contributed by atoms with Crippen LogP contribution in [-0.2, 0) is 11.3 Å². The number of piperazine rings is 1. The number of hydrogen-bond donors (Lipinski definition) is 0. The molecule has 1 aromatic heterocycles. The average Bonchev–Trinajstić information content (AvgIpc) is 2.75. The van der Waals surface area contributed by atoms with Gasteiger partial charge in [0, 0.05) is 56.3 Å². The van der Waals surface area contributed by atoms with Crippen molar-refractivity contribution < 1.29 is 4.79 Å². The number of rotatable bonds is 4. The Kier molecular flexibility index (Phi) is 4.99.